The second-order valence-corrected chi connectivity index (χ2v) is 4.60. The van der Waals surface area contributed by atoms with Gasteiger partial charge < -0.3 is 30.6 Å². The first-order valence-corrected chi connectivity index (χ1v) is 6.17. The minimum absolute atomic E-state index is 0.545. The molecule has 6 heteroatoms. The summed E-state index contributed by atoms with van der Waals surface area (Å²) in [6, 6.07) is 7.09. The van der Waals surface area contributed by atoms with Crippen molar-refractivity contribution < 1.29 is 30.6 Å². The minimum Gasteiger partial charge on any atom is -0.509 e. The first-order chi connectivity index (χ1) is 9.38. The van der Waals surface area contributed by atoms with Crippen LogP contribution in [0.1, 0.15) is 11.1 Å². The molecule has 6 N–H and O–H groups in total. The summed E-state index contributed by atoms with van der Waals surface area (Å²) in [7, 11) is 0. The second-order valence-electron chi connectivity index (χ2n) is 4.60. The normalized spacial score (nSPS) is 18.4. The van der Waals surface area contributed by atoms with E-state index in [-0.39, 0.29) is 0 Å². The van der Waals surface area contributed by atoms with Crippen LogP contribution < -0.4 is 0 Å². The zero-order valence-corrected chi connectivity index (χ0v) is 11.1. The molecule has 20 heavy (non-hydrogen) atoms. The molecule has 4 atom stereocenters. The molecular weight excluding hydrogens is 264 g/mol. The largest absolute Gasteiger partial charge is 0.509 e. The van der Waals surface area contributed by atoms with E-state index in [9.17, 15) is 25.5 Å². The second kappa shape index (κ2) is 7.37. The van der Waals surface area contributed by atoms with Crippen LogP contribution in [0.15, 0.2) is 30.0 Å². The zero-order valence-electron chi connectivity index (χ0n) is 11.1. The number of aryl methyl sites for hydroxylation is 1. The third kappa shape index (κ3) is 4.03. The highest BCUT2D eigenvalue weighted by molar-refractivity contribution is 5.55. The first-order valence-electron chi connectivity index (χ1n) is 6.17. The van der Waals surface area contributed by atoms with Crippen molar-refractivity contribution in [1.29, 1.82) is 0 Å². The quantitative estimate of drug-likeness (QED) is 0.385. The Morgan fingerprint density at radius 1 is 1.10 bits per heavy atom. The molecule has 0 aliphatic rings. The van der Waals surface area contributed by atoms with Gasteiger partial charge in [0.15, 0.2) is 0 Å². The Labute approximate surface area is 116 Å². The third-order valence-corrected chi connectivity index (χ3v) is 3.05. The van der Waals surface area contributed by atoms with E-state index in [0.29, 0.717) is 5.56 Å². The standard InChI is InChI=1S/C14H20O6/c1-8-4-2-3-5-9(8)6-10(16)12(18)14(20)13(19)11(17)7-15/h2-6,11-20H,7H2,1H3. The van der Waals surface area contributed by atoms with Crippen molar-refractivity contribution in [2.24, 2.45) is 0 Å². The highest BCUT2D eigenvalue weighted by Gasteiger charge is 2.32. The van der Waals surface area contributed by atoms with Crippen molar-refractivity contribution in [1.82, 2.24) is 0 Å². The maximum atomic E-state index is 9.77. The molecule has 0 saturated carbocycles. The first kappa shape index (κ1) is 16.6. The molecule has 0 amide bonds. The maximum absolute atomic E-state index is 9.77. The lowest BCUT2D eigenvalue weighted by Gasteiger charge is -2.25. The molecule has 0 saturated heterocycles. The van der Waals surface area contributed by atoms with Crippen molar-refractivity contribution in [3.8, 4) is 0 Å². The molecule has 0 bridgehead atoms. The smallest absolute Gasteiger partial charge is 0.139 e. The summed E-state index contributed by atoms with van der Waals surface area (Å²) >= 11 is 0. The Morgan fingerprint density at radius 2 is 1.70 bits per heavy atom. The topological polar surface area (TPSA) is 121 Å². The van der Waals surface area contributed by atoms with Gasteiger partial charge in [-0.15, -0.1) is 0 Å². The molecule has 0 aromatic heterocycles. The summed E-state index contributed by atoms with van der Waals surface area (Å²) in [5.74, 6) is -0.545. The van der Waals surface area contributed by atoms with Crippen LogP contribution in [-0.2, 0) is 0 Å². The van der Waals surface area contributed by atoms with Gasteiger partial charge >= 0.3 is 0 Å². The fourth-order valence-corrected chi connectivity index (χ4v) is 1.69. The third-order valence-electron chi connectivity index (χ3n) is 3.05. The van der Waals surface area contributed by atoms with Gasteiger partial charge in [0.1, 0.15) is 30.2 Å². The molecule has 1 aromatic carbocycles. The Balaban J connectivity index is 2.86. The van der Waals surface area contributed by atoms with E-state index in [2.05, 4.69) is 0 Å². The van der Waals surface area contributed by atoms with Gasteiger partial charge in [0.05, 0.1) is 6.61 Å². The Kier molecular flexibility index (Phi) is 6.12. The number of hydrogen-bond donors (Lipinski definition) is 6. The maximum Gasteiger partial charge on any atom is 0.139 e. The monoisotopic (exact) mass is 284 g/mol. The number of aliphatic hydroxyl groups excluding tert-OH is 6. The Hall–Kier alpha value is -1.44. The zero-order chi connectivity index (χ0) is 15.3. The summed E-state index contributed by atoms with van der Waals surface area (Å²) in [6.45, 7) is 1.04. The summed E-state index contributed by atoms with van der Waals surface area (Å²) in [6.07, 6.45) is -5.71. The molecule has 4 unspecified atom stereocenters. The predicted molar refractivity (Wildman–Crippen MR) is 72.9 cm³/mol. The molecule has 0 fully saturated rings. The predicted octanol–water partition coefficient (Wildman–Crippen LogP) is -0.670. The van der Waals surface area contributed by atoms with Gasteiger partial charge in [-0.2, -0.15) is 0 Å². The van der Waals surface area contributed by atoms with E-state index in [4.69, 9.17) is 5.11 Å². The van der Waals surface area contributed by atoms with E-state index in [1.807, 2.05) is 19.1 Å². The van der Waals surface area contributed by atoms with E-state index in [0.717, 1.165) is 5.56 Å². The van der Waals surface area contributed by atoms with Gasteiger partial charge in [-0.25, -0.2) is 0 Å². The molecule has 1 aromatic rings. The number of aliphatic hydroxyl groups is 6. The number of benzene rings is 1. The van der Waals surface area contributed by atoms with Crippen LogP contribution in [-0.4, -0.2) is 61.7 Å². The lowest BCUT2D eigenvalue weighted by atomic mass is 10.00. The fraction of sp³-hybridized carbons (Fsp3) is 0.429. The highest BCUT2D eigenvalue weighted by Crippen LogP contribution is 2.16. The molecule has 0 aliphatic carbocycles. The van der Waals surface area contributed by atoms with Gasteiger partial charge in [-0.05, 0) is 24.1 Å². The molecule has 0 heterocycles. The molecule has 0 radical (unpaired) electrons. The van der Waals surface area contributed by atoms with Crippen molar-refractivity contribution in [3.05, 3.63) is 41.2 Å². The van der Waals surface area contributed by atoms with Crippen molar-refractivity contribution >= 4 is 6.08 Å². The van der Waals surface area contributed by atoms with Gasteiger partial charge in [0.2, 0.25) is 0 Å². The molecular formula is C14H20O6. The summed E-state index contributed by atoms with van der Waals surface area (Å²) < 4.78 is 0. The van der Waals surface area contributed by atoms with Crippen molar-refractivity contribution in [2.45, 2.75) is 31.3 Å². The van der Waals surface area contributed by atoms with Crippen LogP contribution in [0, 0.1) is 6.92 Å². The van der Waals surface area contributed by atoms with Crippen LogP contribution in [0.4, 0.5) is 0 Å². The Morgan fingerprint density at radius 3 is 2.25 bits per heavy atom. The highest BCUT2D eigenvalue weighted by atomic mass is 16.4. The van der Waals surface area contributed by atoms with Crippen LogP contribution in [0.3, 0.4) is 0 Å². The Bertz CT molecular complexity index is 459. The average molecular weight is 284 g/mol. The van der Waals surface area contributed by atoms with Gasteiger partial charge in [-0.1, -0.05) is 24.3 Å². The number of hydrogen-bond acceptors (Lipinski definition) is 6. The van der Waals surface area contributed by atoms with E-state index in [1.165, 1.54) is 6.08 Å². The van der Waals surface area contributed by atoms with Crippen molar-refractivity contribution in [3.63, 3.8) is 0 Å². The summed E-state index contributed by atoms with van der Waals surface area (Å²) in [5, 5.41) is 56.5. The van der Waals surface area contributed by atoms with Gasteiger partial charge in [-0.3, -0.25) is 0 Å². The lowest BCUT2D eigenvalue weighted by Crippen LogP contribution is -2.46. The van der Waals surface area contributed by atoms with Gasteiger partial charge in [0.25, 0.3) is 0 Å². The SMILES string of the molecule is Cc1ccccc1C=C(O)C(O)C(O)C(O)C(O)CO. The van der Waals surface area contributed by atoms with E-state index in [1.54, 1.807) is 12.1 Å². The van der Waals surface area contributed by atoms with Crippen molar-refractivity contribution in [2.75, 3.05) is 6.61 Å². The molecule has 0 spiro atoms. The molecule has 0 aliphatic heterocycles. The van der Waals surface area contributed by atoms with Crippen LogP contribution in [0.25, 0.3) is 6.08 Å². The minimum atomic E-state index is -1.82. The van der Waals surface area contributed by atoms with Crippen LogP contribution in [0.5, 0.6) is 0 Å². The molecule has 6 nitrogen and oxygen atoms in total. The van der Waals surface area contributed by atoms with Crippen LogP contribution >= 0.6 is 0 Å². The van der Waals surface area contributed by atoms with Crippen LogP contribution in [0.2, 0.25) is 0 Å². The average Bonchev–Trinajstić information content (AvgIpc) is 2.46. The van der Waals surface area contributed by atoms with Gasteiger partial charge in [0, 0.05) is 0 Å². The fourth-order valence-electron chi connectivity index (χ4n) is 1.69. The molecule has 1 rings (SSSR count). The van der Waals surface area contributed by atoms with E-state index >= 15 is 0 Å². The number of rotatable bonds is 6. The lowest BCUT2D eigenvalue weighted by molar-refractivity contribution is -0.112. The summed E-state index contributed by atoms with van der Waals surface area (Å²) in [4.78, 5) is 0. The van der Waals surface area contributed by atoms with E-state index < -0.39 is 36.8 Å². The molecule has 112 valence electrons. The summed E-state index contributed by atoms with van der Waals surface area (Å²) in [5.41, 5.74) is 1.50.